The molecule has 0 fully saturated rings. The number of hydrogen-bond acceptors (Lipinski definition) is 3. The summed E-state index contributed by atoms with van der Waals surface area (Å²) in [5.74, 6) is -0.0899. The molecule has 1 aromatic heterocycles. The molecule has 0 unspecified atom stereocenters. The summed E-state index contributed by atoms with van der Waals surface area (Å²) < 4.78 is 1.62. The maximum Gasteiger partial charge on any atom is 0.189 e. The second-order valence-corrected chi connectivity index (χ2v) is 4.24. The van der Waals surface area contributed by atoms with Crippen molar-refractivity contribution in [1.82, 2.24) is 9.78 Å². The lowest BCUT2D eigenvalue weighted by molar-refractivity contribution is 0.104. The Morgan fingerprint density at radius 1 is 1.47 bits per heavy atom. The van der Waals surface area contributed by atoms with Crippen molar-refractivity contribution in [1.29, 1.82) is 5.26 Å². The number of allylic oxidation sites excluding steroid dienone is 1. The van der Waals surface area contributed by atoms with E-state index in [4.69, 9.17) is 5.26 Å². The monoisotopic (exact) mass is 251 g/mol. The van der Waals surface area contributed by atoms with Crippen molar-refractivity contribution >= 4 is 11.9 Å². The first-order valence-electron chi connectivity index (χ1n) is 5.83. The standard InChI is InChI=1S/C15H13N3O/c1-11-14(10-18(2)17-11)15(19)7-6-12-4-3-5-13(8-12)9-16/h3-8,10H,1-2H3/b7-6+. The lowest BCUT2D eigenvalue weighted by Gasteiger charge is -1.94. The zero-order chi connectivity index (χ0) is 13.8. The third-order valence-electron chi connectivity index (χ3n) is 2.72. The molecule has 0 saturated carbocycles. The van der Waals surface area contributed by atoms with Crippen LogP contribution < -0.4 is 0 Å². The zero-order valence-corrected chi connectivity index (χ0v) is 10.8. The van der Waals surface area contributed by atoms with E-state index in [1.54, 1.807) is 49.1 Å². The van der Waals surface area contributed by atoms with Gasteiger partial charge in [-0.05, 0) is 30.7 Å². The fourth-order valence-electron chi connectivity index (χ4n) is 1.82. The molecule has 0 aliphatic carbocycles. The van der Waals surface area contributed by atoms with Gasteiger partial charge in [0.1, 0.15) is 0 Å². The number of nitrogens with zero attached hydrogens (tertiary/aromatic N) is 3. The van der Waals surface area contributed by atoms with Gasteiger partial charge < -0.3 is 0 Å². The van der Waals surface area contributed by atoms with Gasteiger partial charge in [-0.3, -0.25) is 9.48 Å². The Bertz CT molecular complexity index is 690. The summed E-state index contributed by atoms with van der Waals surface area (Å²) in [7, 11) is 1.78. The second kappa shape index (κ2) is 5.32. The molecule has 0 radical (unpaired) electrons. The summed E-state index contributed by atoms with van der Waals surface area (Å²) in [6, 6.07) is 9.17. The van der Waals surface area contributed by atoms with Crippen LogP contribution >= 0.6 is 0 Å². The number of nitriles is 1. The normalized spacial score (nSPS) is 10.6. The van der Waals surface area contributed by atoms with Crippen LogP contribution in [0.1, 0.15) is 27.2 Å². The molecule has 4 heteroatoms. The molecule has 19 heavy (non-hydrogen) atoms. The number of carbonyl (C=O) groups excluding carboxylic acids is 1. The first-order chi connectivity index (χ1) is 9.10. The first-order valence-corrected chi connectivity index (χ1v) is 5.83. The highest BCUT2D eigenvalue weighted by Gasteiger charge is 2.09. The Balaban J connectivity index is 2.21. The van der Waals surface area contributed by atoms with Crippen molar-refractivity contribution in [3.8, 4) is 6.07 Å². The van der Waals surface area contributed by atoms with E-state index in [1.165, 1.54) is 6.08 Å². The van der Waals surface area contributed by atoms with Gasteiger partial charge in [0.15, 0.2) is 5.78 Å². The number of aromatic nitrogens is 2. The van der Waals surface area contributed by atoms with Crippen molar-refractivity contribution in [2.75, 3.05) is 0 Å². The van der Waals surface area contributed by atoms with E-state index < -0.39 is 0 Å². The van der Waals surface area contributed by atoms with Crippen molar-refractivity contribution < 1.29 is 4.79 Å². The van der Waals surface area contributed by atoms with Gasteiger partial charge in [-0.15, -0.1) is 0 Å². The van der Waals surface area contributed by atoms with E-state index >= 15 is 0 Å². The van der Waals surface area contributed by atoms with Crippen LogP contribution in [0.15, 0.2) is 36.5 Å². The molecule has 2 rings (SSSR count). The van der Waals surface area contributed by atoms with Crippen LogP contribution in [0.4, 0.5) is 0 Å². The minimum atomic E-state index is -0.0899. The SMILES string of the molecule is Cc1nn(C)cc1C(=O)/C=C/c1cccc(C#N)c1. The van der Waals surface area contributed by atoms with Crippen LogP contribution in [0.5, 0.6) is 0 Å². The largest absolute Gasteiger partial charge is 0.289 e. The number of rotatable bonds is 3. The number of carbonyl (C=O) groups is 1. The molecular weight excluding hydrogens is 238 g/mol. The van der Waals surface area contributed by atoms with E-state index in [1.807, 2.05) is 6.07 Å². The predicted molar refractivity (Wildman–Crippen MR) is 72.5 cm³/mol. The number of benzene rings is 1. The van der Waals surface area contributed by atoms with E-state index in [9.17, 15) is 4.79 Å². The van der Waals surface area contributed by atoms with Gasteiger partial charge in [0.25, 0.3) is 0 Å². The number of ketones is 1. The Labute approximate surface area is 111 Å². The Hall–Kier alpha value is -2.67. The Morgan fingerprint density at radius 3 is 2.89 bits per heavy atom. The molecule has 0 aliphatic heterocycles. The van der Waals surface area contributed by atoms with E-state index in [2.05, 4.69) is 11.2 Å². The predicted octanol–water partition coefficient (Wildman–Crippen LogP) is 2.50. The summed E-state index contributed by atoms with van der Waals surface area (Å²) in [5.41, 5.74) is 2.71. The fourth-order valence-corrected chi connectivity index (χ4v) is 1.82. The first kappa shape index (κ1) is 12.8. The van der Waals surface area contributed by atoms with Gasteiger partial charge in [-0.2, -0.15) is 10.4 Å². The van der Waals surface area contributed by atoms with Gasteiger partial charge in [0, 0.05) is 13.2 Å². The highest BCUT2D eigenvalue weighted by Crippen LogP contribution is 2.10. The summed E-state index contributed by atoms with van der Waals surface area (Å²) in [6.45, 7) is 1.80. The average Bonchev–Trinajstić information content (AvgIpc) is 2.75. The smallest absolute Gasteiger partial charge is 0.189 e. The lowest BCUT2D eigenvalue weighted by Crippen LogP contribution is -1.94. The van der Waals surface area contributed by atoms with E-state index in [-0.39, 0.29) is 5.78 Å². The van der Waals surface area contributed by atoms with E-state index in [0.29, 0.717) is 16.8 Å². The van der Waals surface area contributed by atoms with Gasteiger partial charge >= 0.3 is 0 Å². The number of aryl methyl sites for hydroxylation is 2. The minimum absolute atomic E-state index is 0.0899. The zero-order valence-electron chi connectivity index (χ0n) is 10.8. The summed E-state index contributed by atoms with van der Waals surface area (Å²) >= 11 is 0. The molecule has 0 N–H and O–H groups in total. The second-order valence-electron chi connectivity index (χ2n) is 4.24. The molecule has 0 atom stereocenters. The van der Waals surface area contributed by atoms with Crippen LogP contribution in [0.25, 0.3) is 6.08 Å². The third kappa shape index (κ3) is 2.96. The van der Waals surface area contributed by atoms with Crippen molar-refractivity contribution in [3.05, 3.63) is 58.9 Å². The highest BCUT2D eigenvalue weighted by atomic mass is 16.1. The third-order valence-corrected chi connectivity index (χ3v) is 2.72. The molecule has 0 aliphatic rings. The maximum atomic E-state index is 12.0. The molecular formula is C15H13N3O. The fraction of sp³-hybridized carbons (Fsp3) is 0.133. The van der Waals surface area contributed by atoms with Crippen LogP contribution in [0, 0.1) is 18.3 Å². The highest BCUT2D eigenvalue weighted by molar-refractivity contribution is 6.07. The summed E-state index contributed by atoms with van der Waals surface area (Å²) in [4.78, 5) is 12.0. The Morgan fingerprint density at radius 2 is 2.26 bits per heavy atom. The van der Waals surface area contributed by atoms with Crippen molar-refractivity contribution in [3.63, 3.8) is 0 Å². The minimum Gasteiger partial charge on any atom is -0.289 e. The molecule has 0 amide bonds. The van der Waals surface area contributed by atoms with Gasteiger partial charge in [0.2, 0.25) is 0 Å². The topological polar surface area (TPSA) is 58.7 Å². The number of hydrogen-bond donors (Lipinski definition) is 0. The van der Waals surface area contributed by atoms with Gasteiger partial charge in [-0.1, -0.05) is 18.2 Å². The summed E-state index contributed by atoms with van der Waals surface area (Å²) in [5, 5.41) is 12.9. The molecule has 2 aromatic rings. The molecule has 1 aromatic carbocycles. The molecule has 0 bridgehead atoms. The van der Waals surface area contributed by atoms with E-state index in [0.717, 1.165) is 5.56 Å². The van der Waals surface area contributed by atoms with Crippen LogP contribution in [-0.4, -0.2) is 15.6 Å². The van der Waals surface area contributed by atoms with Gasteiger partial charge in [0.05, 0.1) is 22.9 Å². The molecule has 94 valence electrons. The van der Waals surface area contributed by atoms with Crippen molar-refractivity contribution in [2.24, 2.45) is 7.05 Å². The van der Waals surface area contributed by atoms with Crippen LogP contribution in [-0.2, 0) is 7.05 Å². The molecule has 4 nitrogen and oxygen atoms in total. The Kier molecular flexibility index (Phi) is 3.58. The van der Waals surface area contributed by atoms with Crippen LogP contribution in [0.2, 0.25) is 0 Å². The molecule has 0 saturated heterocycles. The lowest BCUT2D eigenvalue weighted by atomic mass is 10.1. The molecule has 0 spiro atoms. The van der Waals surface area contributed by atoms with Gasteiger partial charge in [-0.25, -0.2) is 0 Å². The quantitative estimate of drug-likeness (QED) is 0.622. The average molecular weight is 251 g/mol. The van der Waals surface area contributed by atoms with Crippen LogP contribution in [0.3, 0.4) is 0 Å². The maximum absolute atomic E-state index is 12.0. The van der Waals surface area contributed by atoms with Crippen molar-refractivity contribution in [2.45, 2.75) is 6.92 Å². The molecule has 1 heterocycles. The summed E-state index contributed by atoms with van der Waals surface area (Å²) in [6.07, 6.45) is 4.91.